The average molecular weight is 252 g/mol. The van der Waals surface area contributed by atoms with Crippen LogP contribution in [0.3, 0.4) is 0 Å². The molecule has 0 aliphatic heterocycles. The van der Waals surface area contributed by atoms with Crippen molar-refractivity contribution in [3.63, 3.8) is 0 Å². The van der Waals surface area contributed by atoms with Gasteiger partial charge in [0.2, 0.25) is 0 Å². The molecular weight excluding hydrogens is 241 g/mol. The first-order chi connectivity index (χ1) is 7.35. The third kappa shape index (κ3) is 3.10. The molecule has 0 saturated heterocycles. The van der Waals surface area contributed by atoms with Crippen molar-refractivity contribution in [3.8, 4) is 17.5 Å². The van der Waals surface area contributed by atoms with Gasteiger partial charge in [0.15, 0.2) is 0 Å². The van der Waals surface area contributed by atoms with E-state index in [0.29, 0.717) is 0 Å². The third-order valence-electron chi connectivity index (χ3n) is 1.77. The Morgan fingerprint density at radius 2 is 1.94 bits per heavy atom. The van der Waals surface area contributed by atoms with Gasteiger partial charge in [-0.15, -0.1) is 5.54 Å². The minimum atomic E-state index is -1.58. The maximum absolute atomic E-state index is 13.5. The molecule has 0 N–H and O–H groups in total. The summed E-state index contributed by atoms with van der Waals surface area (Å²) in [7, 11) is -1.58. The van der Waals surface area contributed by atoms with Gasteiger partial charge in [0.25, 0.3) is 0 Å². The molecule has 16 heavy (non-hydrogen) atoms. The van der Waals surface area contributed by atoms with Crippen LogP contribution in [0.25, 0.3) is 0 Å². The first kappa shape index (κ1) is 12.8. The van der Waals surface area contributed by atoms with Gasteiger partial charge >= 0.3 is 0 Å². The van der Waals surface area contributed by atoms with E-state index in [2.05, 4.69) is 31.1 Å². The lowest BCUT2D eigenvalue weighted by Gasteiger charge is -2.05. The number of rotatable bonds is 0. The van der Waals surface area contributed by atoms with E-state index in [-0.39, 0.29) is 16.1 Å². The molecule has 4 heteroatoms. The van der Waals surface area contributed by atoms with Gasteiger partial charge in [0, 0.05) is 0 Å². The molecule has 0 saturated carbocycles. The van der Waals surface area contributed by atoms with Gasteiger partial charge in [-0.3, -0.25) is 0 Å². The number of nitrogens with zero attached hydrogens (tertiary/aromatic N) is 1. The van der Waals surface area contributed by atoms with Crippen molar-refractivity contribution in [1.29, 1.82) is 5.26 Å². The SMILES string of the molecule is C[Si](C)(C)C#Cc1c(F)ccc(C#N)c1Cl. The van der Waals surface area contributed by atoms with Crippen molar-refractivity contribution in [2.45, 2.75) is 19.6 Å². The van der Waals surface area contributed by atoms with Crippen molar-refractivity contribution < 1.29 is 4.39 Å². The molecule has 1 aromatic rings. The van der Waals surface area contributed by atoms with Gasteiger partial charge in [0.05, 0.1) is 16.1 Å². The van der Waals surface area contributed by atoms with Gasteiger partial charge < -0.3 is 0 Å². The minimum absolute atomic E-state index is 0.105. The summed E-state index contributed by atoms with van der Waals surface area (Å²) < 4.78 is 13.5. The molecule has 0 bridgehead atoms. The van der Waals surface area contributed by atoms with Crippen LogP contribution in [0, 0.1) is 28.6 Å². The lowest BCUT2D eigenvalue weighted by Crippen LogP contribution is -2.16. The highest BCUT2D eigenvalue weighted by Crippen LogP contribution is 2.22. The molecule has 82 valence electrons. The molecule has 0 aliphatic carbocycles. The zero-order valence-electron chi connectivity index (χ0n) is 9.36. The molecule has 0 aliphatic rings. The predicted molar refractivity (Wildman–Crippen MR) is 66.3 cm³/mol. The van der Waals surface area contributed by atoms with Crippen LogP contribution >= 0.6 is 11.6 Å². The highest BCUT2D eigenvalue weighted by molar-refractivity contribution is 6.83. The highest BCUT2D eigenvalue weighted by atomic mass is 35.5. The number of hydrogen-bond acceptors (Lipinski definition) is 1. The molecular formula is C12H11ClFNSi. The van der Waals surface area contributed by atoms with Crippen LogP contribution in [0.1, 0.15) is 11.1 Å². The standard InChI is InChI=1S/C12H11ClFNSi/c1-16(2,3)7-6-10-11(14)5-4-9(8-15)12(10)13/h4-5H,1-3H3. The molecule has 0 aromatic heterocycles. The summed E-state index contributed by atoms with van der Waals surface area (Å²) in [6.45, 7) is 6.17. The van der Waals surface area contributed by atoms with Gasteiger partial charge in [-0.05, 0) is 12.1 Å². The summed E-state index contributed by atoms with van der Waals surface area (Å²) in [5.74, 6) is 2.27. The molecule has 0 unspecified atom stereocenters. The molecule has 0 spiro atoms. The van der Waals surface area contributed by atoms with Gasteiger partial charge in [-0.25, -0.2) is 4.39 Å². The first-order valence-electron chi connectivity index (χ1n) is 4.76. The zero-order valence-corrected chi connectivity index (χ0v) is 11.1. The Hall–Kier alpha value is -1.29. The van der Waals surface area contributed by atoms with Crippen LogP contribution in [-0.4, -0.2) is 8.07 Å². The van der Waals surface area contributed by atoms with Crippen LogP contribution in [0.4, 0.5) is 4.39 Å². The minimum Gasteiger partial charge on any atom is -0.206 e. The van der Waals surface area contributed by atoms with Crippen LogP contribution in [0.15, 0.2) is 12.1 Å². The van der Waals surface area contributed by atoms with E-state index >= 15 is 0 Å². The smallest absolute Gasteiger partial charge is 0.140 e. The summed E-state index contributed by atoms with van der Waals surface area (Å²) in [5, 5.41) is 8.87. The van der Waals surface area contributed by atoms with Crippen molar-refractivity contribution in [2.75, 3.05) is 0 Å². The highest BCUT2D eigenvalue weighted by Gasteiger charge is 2.12. The lowest BCUT2D eigenvalue weighted by atomic mass is 10.1. The van der Waals surface area contributed by atoms with E-state index in [1.54, 1.807) is 0 Å². The molecule has 1 rings (SSSR count). The topological polar surface area (TPSA) is 23.8 Å². The first-order valence-corrected chi connectivity index (χ1v) is 8.64. The monoisotopic (exact) mass is 251 g/mol. The van der Waals surface area contributed by atoms with Crippen LogP contribution in [-0.2, 0) is 0 Å². The molecule has 1 nitrogen and oxygen atoms in total. The Labute approximate surface area is 101 Å². The summed E-state index contributed by atoms with van der Waals surface area (Å²) in [4.78, 5) is 0. The maximum Gasteiger partial charge on any atom is 0.140 e. The third-order valence-corrected chi connectivity index (χ3v) is 3.04. The quantitative estimate of drug-likeness (QED) is 0.511. The van der Waals surface area contributed by atoms with Crippen molar-refractivity contribution in [3.05, 3.63) is 34.1 Å². The second-order valence-electron chi connectivity index (χ2n) is 4.40. The van der Waals surface area contributed by atoms with E-state index in [1.807, 2.05) is 6.07 Å². The fraction of sp³-hybridized carbons (Fsp3) is 0.250. The van der Waals surface area contributed by atoms with E-state index < -0.39 is 13.9 Å². The van der Waals surface area contributed by atoms with Crippen LogP contribution < -0.4 is 0 Å². The Morgan fingerprint density at radius 1 is 1.31 bits per heavy atom. The number of hydrogen-bond donors (Lipinski definition) is 0. The van der Waals surface area contributed by atoms with Crippen molar-refractivity contribution in [1.82, 2.24) is 0 Å². The molecule has 0 heterocycles. The number of nitriles is 1. The fourth-order valence-electron chi connectivity index (χ4n) is 1.00. The van der Waals surface area contributed by atoms with E-state index in [9.17, 15) is 4.39 Å². The predicted octanol–water partition coefficient (Wildman–Crippen LogP) is 3.58. The van der Waals surface area contributed by atoms with E-state index in [0.717, 1.165) is 0 Å². The van der Waals surface area contributed by atoms with Gasteiger partial charge in [-0.1, -0.05) is 37.2 Å². The van der Waals surface area contributed by atoms with Crippen molar-refractivity contribution >= 4 is 19.7 Å². The summed E-state index contributed by atoms with van der Waals surface area (Å²) in [6, 6.07) is 4.48. The Kier molecular flexibility index (Phi) is 3.75. The summed E-state index contributed by atoms with van der Waals surface area (Å²) in [5.41, 5.74) is 3.41. The number of halogens is 2. The summed E-state index contributed by atoms with van der Waals surface area (Å²) >= 11 is 5.89. The van der Waals surface area contributed by atoms with Crippen LogP contribution in [0.2, 0.25) is 24.7 Å². The largest absolute Gasteiger partial charge is 0.206 e. The molecule has 1 aromatic carbocycles. The summed E-state index contributed by atoms with van der Waals surface area (Å²) in [6.07, 6.45) is 0. The molecule has 0 fully saturated rings. The second-order valence-corrected chi connectivity index (χ2v) is 9.52. The normalized spacial score (nSPS) is 10.2. The maximum atomic E-state index is 13.5. The Bertz CT molecular complexity index is 515. The molecule has 0 atom stereocenters. The average Bonchev–Trinajstić information content (AvgIpc) is 2.16. The molecule has 0 radical (unpaired) electrons. The van der Waals surface area contributed by atoms with Gasteiger partial charge in [0.1, 0.15) is 20.0 Å². The lowest BCUT2D eigenvalue weighted by molar-refractivity contribution is 0.624. The van der Waals surface area contributed by atoms with Crippen LogP contribution in [0.5, 0.6) is 0 Å². The fourth-order valence-corrected chi connectivity index (χ4v) is 1.75. The second kappa shape index (κ2) is 4.70. The zero-order chi connectivity index (χ0) is 12.3. The van der Waals surface area contributed by atoms with Gasteiger partial charge in [-0.2, -0.15) is 5.26 Å². The Balaban J connectivity index is 3.33. The van der Waals surface area contributed by atoms with E-state index in [1.165, 1.54) is 12.1 Å². The van der Waals surface area contributed by atoms with E-state index in [4.69, 9.17) is 16.9 Å². The van der Waals surface area contributed by atoms with Crippen molar-refractivity contribution in [2.24, 2.45) is 0 Å². The number of benzene rings is 1. The molecule has 0 amide bonds. The Morgan fingerprint density at radius 3 is 2.44 bits per heavy atom.